The highest BCUT2D eigenvalue weighted by Gasteiger charge is 2.40. The second-order valence-corrected chi connectivity index (χ2v) is 8.70. The van der Waals surface area contributed by atoms with Gasteiger partial charge in [0.1, 0.15) is 11.4 Å². The number of hydrogen-bond acceptors (Lipinski definition) is 5. The van der Waals surface area contributed by atoms with Gasteiger partial charge in [0, 0.05) is 19.8 Å². The maximum Gasteiger partial charge on any atom is 0.243 e. The smallest absolute Gasteiger partial charge is 0.243 e. The number of sulfone groups is 1. The van der Waals surface area contributed by atoms with E-state index in [9.17, 15) is 13.2 Å². The summed E-state index contributed by atoms with van der Waals surface area (Å²) in [6.45, 7) is 2.93. The summed E-state index contributed by atoms with van der Waals surface area (Å²) in [4.78, 5) is 14.5. The Hall–Kier alpha value is -1.36. The predicted octanol–water partition coefficient (Wildman–Crippen LogP) is 0.873. The van der Waals surface area contributed by atoms with E-state index in [0.29, 0.717) is 6.54 Å². The largest absolute Gasteiger partial charge is 0.384 e. The van der Waals surface area contributed by atoms with Crippen LogP contribution in [-0.2, 0) is 21.2 Å². The molecule has 5 nitrogen and oxygen atoms in total. The molecule has 7 heteroatoms. The highest BCUT2D eigenvalue weighted by Crippen LogP contribution is 2.21. The molecule has 21 heavy (non-hydrogen) atoms. The van der Waals surface area contributed by atoms with Gasteiger partial charge in [0.05, 0.1) is 4.88 Å². The Bertz CT molecular complexity index is 677. The minimum absolute atomic E-state index is 0.200. The van der Waals surface area contributed by atoms with Crippen molar-refractivity contribution < 1.29 is 18.3 Å². The van der Waals surface area contributed by atoms with Gasteiger partial charge in [-0.05, 0) is 30.9 Å². The maximum atomic E-state index is 12.3. The number of hydrogen-bond donors (Lipinski definition) is 1. The van der Waals surface area contributed by atoms with Crippen molar-refractivity contribution in [2.24, 2.45) is 0 Å². The van der Waals surface area contributed by atoms with Crippen molar-refractivity contribution >= 4 is 27.1 Å². The molecule has 1 N–H and O–H groups in total. The third-order valence-electron chi connectivity index (χ3n) is 3.15. The SMILES string of the molecule is CN(Cc1csc(C#CCO)c1)C(=O)C(C)(C)S(C)(=O)=O. The summed E-state index contributed by atoms with van der Waals surface area (Å²) in [5.74, 6) is 4.90. The Kier molecular flexibility index (Phi) is 5.56. The fraction of sp³-hybridized carbons (Fsp3) is 0.500. The first-order valence-corrected chi connectivity index (χ1v) is 8.99. The van der Waals surface area contributed by atoms with E-state index in [1.54, 1.807) is 7.05 Å². The molecule has 0 fully saturated rings. The second kappa shape index (κ2) is 6.60. The molecule has 1 heterocycles. The Morgan fingerprint density at radius 2 is 2.10 bits per heavy atom. The number of rotatable bonds is 4. The summed E-state index contributed by atoms with van der Waals surface area (Å²) in [6, 6.07) is 1.82. The van der Waals surface area contributed by atoms with Crippen molar-refractivity contribution in [3.05, 3.63) is 21.9 Å². The summed E-state index contributed by atoms with van der Waals surface area (Å²) in [6.07, 6.45) is 1.06. The first-order chi connectivity index (χ1) is 9.59. The minimum atomic E-state index is -3.48. The van der Waals surface area contributed by atoms with Crippen LogP contribution < -0.4 is 0 Å². The Morgan fingerprint density at radius 3 is 2.62 bits per heavy atom. The maximum absolute atomic E-state index is 12.3. The molecule has 0 unspecified atom stereocenters. The van der Waals surface area contributed by atoms with E-state index in [0.717, 1.165) is 16.7 Å². The van der Waals surface area contributed by atoms with E-state index < -0.39 is 20.5 Å². The van der Waals surface area contributed by atoms with Gasteiger partial charge in [0.25, 0.3) is 0 Å². The molecule has 0 aliphatic heterocycles. The molecule has 1 aromatic rings. The third kappa shape index (κ3) is 4.30. The van der Waals surface area contributed by atoms with Crippen molar-refractivity contribution in [1.82, 2.24) is 4.90 Å². The van der Waals surface area contributed by atoms with Gasteiger partial charge in [-0.2, -0.15) is 0 Å². The Labute approximate surface area is 129 Å². The van der Waals surface area contributed by atoms with E-state index in [2.05, 4.69) is 11.8 Å². The summed E-state index contributed by atoms with van der Waals surface area (Å²) >= 11 is 1.42. The lowest BCUT2D eigenvalue weighted by Crippen LogP contribution is -2.47. The van der Waals surface area contributed by atoms with Crippen LogP contribution in [0, 0.1) is 11.8 Å². The van der Waals surface area contributed by atoms with Crippen molar-refractivity contribution in [3.8, 4) is 11.8 Å². The molecule has 0 aliphatic carbocycles. The van der Waals surface area contributed by atoms with Crippen molar-refractivity contribution in [2.45, 2.75) is 25.1 Å². The quantitative estimate of drug-likeness (QED) is 0.832. The second-order valence-electron chi connectivity index (χ2n) is 5.22. The lowest BCUT2D eigenvalue weighted by molar-refractivity contribution is -0.132. The number of aliphatic hydroxyl groups excluding tert-OH is 1. The van der Waals surface area contributed by atoms with Gasteiger partial charge in [0.2, 0.25) is 5.91 Å². The molecule has 0 aliphatic rings. The molecular weight excluding hydrogens is 310 g/mol. The number of aliphatic hydroxyl groups is 1. The van der Waals surface area contributed by atoms with Gasteiger partial charge in [-0.15, -0.1) is 11.3 Å². The molecular formula is C14H19NO4S2. The molecule has 116 valence electrons. The van der Waals surface area contributed by atoms with Crippen LogP contribution in [0.15, 0.2) is 11.4 Å². The fourth-order valence-corrected chi connectivity index (χ4v) is 2.86. The molecule has 0 radical (unpaired) electrons. The van der Waals surface area contributed by atoms with Gasteiger partial charge in [-0.1, -0.05) is 11.8 Å². The standard InChI is InChI=1S/C14H19NO4S2/c1-14(2,21(4,18)19)13(17)15(3)9-11-8-12(20-10-11)6-5-7-16/h8,10,16H,7,9H2,1-4H3. The summed E-state index contributed by atoms with van der Waals surface area (Å²) < 4.78 is 21.9. The average Bonchev–Trinajstić information content (AvgIpc) is 2.81. The Balaban J connectivity index is 2.84. The van der Waals surface area contributed by atoms with Crippen LogP contribution in [0.4, 0.5) is 0 Å². The number of amides is 1. The molecule has 0 saturated heterocycles. The molecule has 1 rings (SSSR count). The van der Waals surface area contributed by atoms with Gasteiger partial charge in [-0.25, -0.2) is 8.42 Å². The molecule has 0 atom stereocenters. The molecule has 1 amide bonds. The van der Waals surface area contributed by atoms with Crippen LogP contribution in [0.1, 0.15) is 24.3 Å². The lowest BCUT2D eigenvalue weighted by atomic mass is 10.1. The molecule has 0 aromatic carbocycles. The van der Waals surface area contributed by atoms with E-state index in [1.807, 2.05) is 11.4 Å². The summed E-state index contributed by atoms with van der Waals surface area (Å²) in [5, 5.41) is 10.5. The normalized spacial score (nSPS) is 11.7. The molecule has 0 spiro atoms. The Morgan fingerprint density at radius 1 is 1.48 bits per heavy atom. The van der Waals surface area contributed by atoms with Crippen LogP contribution in [0.5, 0.6) is 0 Å². The minimum Gasteiger partial charge on any atom is -0.384 e. The summed E-state index contributed by atoms with van der Waals surface area (Å²) in [5.41, 5.74) is 0.877. The van der Waals surface area contributed by atoms with Gasteiger partial charge < -0.3 is 10.0 Å². The van der Waals surface area contributed by atoms with Crippen molar-refractivity contribution in [3.63, 3.8) is 0 Å². The van der Waals surface area contributed by atoms with Crippen LogP contribution in [-0.4, -0.2) is 49.0 Å². The van der Waals surface area contributed by atoms with Gasteiger partial charge in [-0.3, -0.25) is 4.79 Å². The van der Waals surface area contributed by atoms with Gasteiger partial charge in [0.15, 0.2) is 9.84 Å². The monoisotopic (exact) mass is 329 g/mol. The number of carbonyl (C=O) groups is 1. The van der Waals surface area contributed by atoms with E-state index in [-0.39, 0.29) is 6.61 Å². The van der Waals surface area contributed by atoms with E-state index in [1.165, 1.54) is 30.1 Å². The van der Waals surface area contributed by atoms with Crippen LogP contribution >= 0.6 is 11.3 Å². The highest BCUT2D eigenvalue weighted by molar-refractivity contribution is 7.92. The third-order valence-corrected chi connectivity index (χ3v) is 6.08. The van der Waals surface area contributed by atoms with Crippen molar-refractivity contribution in [1.29, 1.82) is 0 Å². The van der Waals surface area contributed by atoms with E-state index >= 15 is 0 Å². The number of thiophene rings is 1. The zero-order valence-electron chi connectivity index (χ0n) is 12.5. The summed E-state index contributed by atoms with van der Waals surface area (Å²) in [7, 11) is -1.91. The number of carbonyl (C=O) groups excluding carboxylic acids is 1. The first-order valence-electron chi connectivity index (χ1n) is 6.22. The number of nitrogens with zero attached hydrogens (tertiary/aromatic N) is 1. The van der Waals surface area contributed by atoms with Crippen LogP contribution in [0.2, 0.25) is 0 Å². The molecule has 0 bridgehead atoms. The molecule has 1 aromatic heterocycles. The predicted molar refractivity (Wildman–Crippen MR) is 83.7 cm³/mol. The zero-order chi connectivity index (χ0) is 16.3. The highest BCUT2D eigenvalue weighted by atomic mass is 32.2. The lowest BCUT2D eigenvalue weighted by Gasteiger charge is -2.27. The zero-order valence-corrected chi connectivity index (χ0v) is 14.1. The van der Waals surface area contributed by atoms with Gasteiger partial charge >= 0.3 is 0 Å². The van der Waals surface area contributed by atoms with E-state index in [4.69, 9.17) is 5.11 Å². The first kappa shape index (κ1) is 17.7. The average molecular weight is 329 g/mol. The van der Waals surface area contributed by atoms with Crippen LogP contribution in [0.3, 0.4) is 0 Å². The topological polar surface area (TPSA) is 74.7 Å². The molecule has 0 saturated carbocycles. The fourth-order valence-electron chi connectivity index (χ4n) is 1.61. The van der Waals surface area contributed by atoms with Crippen molar-refractivity contribution in [2.75, 3.05) is 19.9 Å². The van der Waals surface area contributed by atoms with Crippen LogP contribution in [0.25, 0.3) is 0 Å².